The first kappa shape index (κ1) is 21.0. The molecule has 146 valence electrons. The molecule has 0 atom stereocenters. The summed E-state index contributed by atoms with van der Waals surface area (Å²) in [5, 5.41) is 18.8. The summed E-state index contributed by atoms with van der Waals surface area (Å²) in [4.78, 5) is 22.5. The second kappa shape index (κ2) is 9.61. The van der Waals surface area contributed by atoms with E-state index in [4.69, 9.17) is 16.1 Å². The van der Waals surface area contributed by atoms with E-state index in [2.05, 4.69) is 26.0 Å². The quantitative estimate of drug-likeness (QED) is 0.443. The van der Waals surface area contributed by atoms with Crippen LogP contribution in [0.15, 0.2) is 62.6 Å². The predicted octanol–water partition coefficient (Wildman–Crippen LogP) is 5.55. The maximum atomic E-state index is 11.3. The number of anilines is 2. The smallest absolute Gasteiger partial charge is 0.259 e. The molecule has 0 fully saturated rings. The van der Waals surface area contributed by atoms with Crippen LogP contribution in [0.3, 0.4) is 0 Å². The van der Waals surface area contributed by atoms with Crippen LogP contribution in [0.5, 0.6) is 0 Å². The summed E-state index contributed by atoms with van der Waals surface area (Å²) in [5.74, 6) is 0.237. The molecule has 1 aromatic heterocycles. The minimum Gasteiger partial charge on any atom is -0.339 e. The van der Waals surface area contributed by atoms with Gasteiger partial charge in [0.05, 0.1) is 5.69 Å². The first-order chi connectivity index (χ1) is 13.2. The SMILES string of the molecule is CC(=O)/C=C(\C)Nc1noc(N/C(C)=C/C(C)=O)c1N=Nc1ccc(Cl)cc1. The second-order valence-corrected chi connectivity index (χ2v) is 6.45. The fourth-order valence-electron chi connectivity index (χ4n) is 2.21. The number of allylic oxidation sites excluding steroid dienone is 4. The Hall–Kier alpha value is -3.26. The summed E-state index contributed by atoms with van der Waals surface area (Å²) >= 11 is 5.87. The highest BCUT2D eigenvalue weighted by molar-refractivity contribution is 6.30. The van der Waals surface area contributed by atoms with Crippen molar-refractivity contribution in [3.63, 3.8) is 0 Å². The van der Waals surface area contributed by atoms with Crippen molar-refractivity contribution in [2.24, 2.45) is 10.2 Å². The molecule has 0 bridgehead atoms. The molecule has 2 rings (SSSR count). The number of hydrogen-bond donors (Lipinski definition) is 2. The van der Waals surface area contributed by atoms with E-state index in [0.717, 1.165) is 0 Å². The van der Waals surface area contributed by atoms with Crippen molar-refractivity contribution >= 4 is 46.2 Å². The molecule has 0 saturated carbocycles. The summed E-state index contributed by atoms with van der Waals surface area (Å²) in [5.41, 5.74) is 1.97. The van der Waals surface area contributed by atoms with Crippen LogP contribution in [-0.4, -0.2) is 16.7 Å². The number of nitrogens with zero attached hydrogens (tertiary/aromatic N) is 3. The number of benzene rings is 1. The fraction of sp³-hybridized carbons (Fsp3) is 0.211. The lowest BCUT2D eigenvalue weighted by atomic mass is 10.3. The van der Waals surface area contributed by atoms with E-state index < -0.39 is 0 Å². The number of carbonyl (C=O) groups is 2. The zero-order chi connectivity index (χ0) is 20.7. The van der Waals surface area contributed by atoms with E-state index in [0.29, 0.717) is 22.1 Å². The Kier molecular flexibility index (Phi) is 7.22. The highest BCUT2D eigenvalue weighted by Crippen LogP contribution is 2.36. The molecule has 0 radical (unpaired) electrons. The van der Waals surface area contributed by atoms with Crippen LogP contribution < -0.4 is 10.6 Å². The van der Waals surface area contributed by atoms with Gasteiger partial charge >= 0.3 is 0 Å². The standard InChI is InChI=1S/C19H20ClN5O3/c1-11(9-13(3)26)21-18-17(24-23-16-7-5-15(20)6-8-16)19(28-25-18)22-12(2)10-14(4)27/h5-10,22H,1-4H3,(H,21,25)/b11-9+,12-10+,24-23?. The van der Waals surface area contributed by atoms with E-state index in [-0.39, 0.29) is 29.0 Å². The van der Waals surface area contributed by atoms with Gasteiger partial charge in [-0.15, -0.1) is 5.11 Å². The Labute approximate surface area is 167 Å². The molecule has 1 aromatic carbocycles. The predicted molar refractivity (Wildman–Crippen MR) is 108 cm³/mol. The van der Waals surface area contributed by atoms with Crippen molar-refractivity contribution in [2.45, 2.75) is 27.7 Å². The van der Waals surface area contributed by atoms with Gasteiger partial charge in [0.15, 0.2) is 17.3 Å². The van der Waals surface area contributed by atoms with Crippen molar-refractivity contribution in [3.05, 3.63) is 52.8 Å². The molecule has 2 aromatic rings. The largest absolute Gasteiger partial charge is 0.339 e. The summed E-state index contributed by atoms with van der Waals surface area (Å²) in [6.07, 6.45) is 2.83. The number of rotatable bonds is 8. The zero-order valence-corrected chi connectivity index (χ0v) is 16.7. The van der Waals surface area contributed by atoms with Crippen LogP contribution >= 0.6 is 11.6 Å². The number of azo groups is 1. The van der Waals surface area contributed by atoms with Crippen molar-refractivity contribution < 1.29 is 14.1 Å². The Balaban J connectivity index is 2.38. The van der Waals surface area contributed by atoms with Crippen LogP contribution in [0.4, 0.5) is 23.1 Å². The van der Waals surface area contributed by atoms with Crippen LogP contribution in [0, 0.1) is 0 Å². The average molecular weight is 402 g/mol. The normalized spacial score (nSPS) is 12.3. The van der Waals surface area contributed by atoms with Gasteiger partial charge in [-0.05, 0) is 64.1 Å². The number of carbonyl (C=O) groups excluding carboxylic acids is 2. The van der Waals surface area contributed by atoms with Crippen LogP contribution in [0.1, 0.15) is 27.7 Å². The van der Waals surface area contributed by atoms with Crippen LogP contribution in [0.25, 0.3) is 0 Å². The lowest BCUT2D eigenvalue weighted by Gasteiger charge is -2.04. The highest BCUT2D eigenvalue weighted by atomic mass is 35.5. The third-order valence-electron chi connectivity index (χ3n) is 3.23. The molecule has 0 aliphatic rings. The van der Waals surface area contributed by atoms with Crippen molar-refractivity contribution in [1.29, 1.82) is 0 Å². The monoisotopic (exact) mass is 401 g/mol. The van der Waals surface area contributed by atoms with Crippen LogP contribution in [-0.2, 0) is 9.59 Å². The summed E-state index contributed by atoms with van der Waals surface area (Å²) < 4.78 is 5.30. The highest BCUT2D eigenvalue weighted by Gasteiger charge is 2.17. The van der Waals surface area contributed by atoms with E-state index in [1.165, 1.54) is 26.0 Å². The van der Waals surface area contributed by atoms with Gasteiger partial charge in [0, 0.05) is 16.4 Å². The third kappa shape index (κ3) is 6.48. The number of halogens is 1. The molecule has 0 unspecified atom stereocenters. The second-order valence-electron chi connectivity index (χ2n) is 6.01. The fourth-order valence-corrected chi connectivity index (χ4v) is 2.33. The summed E-state index contributed by atoms with van der Waals surface area (Å²) in [6.45, 7) is 6.30. The van der Waals surface area contributed by atoms with Crippen molar-refractivity contribution in [2.75, 3.05) is 10.6 Å². The topological polar surface area (TPSA) is 109 Å². The number of ketones is 2. The molecule has 9 heteroatoms. The van der Waals surface area contributed by atoms with E-state index in [9.17, 15) is 9.59 Å². The number of nitrogens with one attached hydrogen (secondary N) is 2. The van der Waals surface area contributed by atoms with Crippen LogP contribution in [0.2, 0.25) is 5.02 Å². The zero-order valence-electron chi connectivity index (χ0n) is 15.9. The van der Waals surface area contributed by atoms with E-state index in [1.807, 2.05) is 0 Å². The van der Waals surface area contributed by atoms with Crippen molar-refractivity contribution in [1.82, 2.24) is 5.16 Å². The molecule has 0 saturated heterocycles. The Bertz CT molecular complexity index is 909. The molecule has 1 heterocycles. The summed E-state index contributed by atoms with van der Waals surface area (Å²) in [6, 6.07) is 6.81. The molecule has 8 nitrogen and oxygen atoms in total. The molecule has 0 spiro atoms. The molecule has 0 aliphatic heterocycles. The van der Waals surface area contributed by atoms with Gasteiger partial charge in [0.1, 0.15) is 0 Å². The molecule has 0 aliphatic carbocycles. The Morgan fingerprint density at radius 3 is 2.11 bits per heavy atom. The molecule has 0 amide bonds. The van der Waals surface area contributed by atoms with Crippen molar-refractivity contribution in [3.8, 4) is 0 Å². The van der Waals surface area contributed by atoms with Gasteiger partial charge < -0.3 is 15.2 Å². The third-order valence-corrected chi connectivity index (χ3v) is 3.48. The first-order valence-corrected chi connectivity index (χ1v) is 8.71. The van der Waals surface area contributed by atoms with E-state index >= 15 is 0 Å². The lowest BCUT2D eigenvalue weighted by molar-refractivity contribution is -0.113. The Morgan fingerprint density at radius 2 is 1.54 bits per heavy atom. The van der Waals surface area contributed by atoms with E-state index in [1.54, 1.807) is 38.1 Å². The van der Waals surface area contributed by atoms with Gasteiger partial charge in [0.2, 0.25) is 5.82 Å². The minimum absolute atomic E-state index is 0.114. The maximum Gasteiger partial charge on any atom is 0.259 e. The first-order valence-electron chi connectivity index (χ1n) is 8.33. The molecule has 28 heavy (non-hydrogen) atoms. The average Bonchev–Trinajstić information content (AvgIpc) is 2.94. The van der Waals surface area contributed by atoms with Gasteiger partial charge in [0.25, 0.3) is 5.88 Å². The van der Waals surface area contributed by atoms with Gasteiger partial charge in [-0.25, -0.2) is 0 Å². The minimum atomic E-state index is -0.118. The van der Waals surface area contributed by atoms with Gasteiger partial charge in [-0.1, -0.05) is 16.8 Å². The number of hydrogen-bond acceptors (Lipinski definition) is 8. The maximum absolute atomic E-state index is 11.3. The molecular weight excluding hydrogens is 382 g/mol. The molecular formula is C19H20ClN5O3. The number of aromatic nitrogens is 1. The van der Waals surface area contributed by atoms with Gasteiger partial charge in [-0.2, -0.15) is 5.11 Å². The van der Waals surface area contributed by atoms with Gasteiger partial charge in [-0.3, -0.25) is 9.59 Å². The summed E-state index contributed by atoms with van der Waals surface area (Å²) in [7, 11) is 0. The lowest BCUT2D eigenvalue weighted by Crippen LogP contribution is -1.99. The Morgan fingerprint density at radius 1 is 0.964 bits per heavy atom. The molecule has 2 N–H and O–H groups in total.